The van der Waals surface area contributed by atoms with E-state index in [0.717, 1.165) is 5.01 Å². The van der Waals surface area contributed by atoms with Gasteiger partial charge in [-0.15, -0.1) is 11.3 Å². The van der Waals surface area contributed by atoms with Crippen LogP contribution in [0.4, 0.5) is 0 Å². The summed E-state index contributed by atoms with van der Waals surface area (Å²) in [6.07, 6.45) is 4.12. The molecule has 6 nitrogen and oxygen atoms in total. The van der Waals surface area contributed by atoms with E-state index in [-0.39, 0.29) is 17.4 Å². The number of nitrogens with one attached hydrogen (secondary N) is 1. The predicted molar refractivity (Wildman–Crippen MR) is 87.7 cm³/mol. The molecule has 1 aromatic rings. The molecule has 0 atom stereocenters. The molecule has 0 radical (unpaired) electrons. The van der Waals surface area contributed by atoms with Crippen molar-refractivity contribution in [1.29, 1.82) is 0 Å². The van der Waals surface area contributed by atoms with Crippen LogP contribution in [-0.4, -0.2) is 49.0 Å². The summed E-state index contributed by atoms with van der Waals surface area (Å²) in [6, 6.07) is 0.0192. The summed E-state index contributed by atoms with van der Waals surface area (Å²) in [5.74, 6) is -0.120. The average Bonchev–Trinajstić information content (AvgIpc) is 2.87. The second kappa shape index (κ2) is 6.25. The number of amides is 1. The van der Waals surface area contributed by atoms with Gasteiger partial charge in [0.1, 0.15) is 4.88 Å². The summed E-state index contributed by atoms with van der Waals surface area (Å²) in [7, 11) is -3.13. The Hall–Kier alpha value is -0.990. The zero-order valence-corrected chi connectivity index (χ0v) is 15.1. The molecular formula is C14H23N3O3S2. The number of thiazole rings is 1. The van der Waals surface area contributed by atoms with Crippen molar-refractivity contribution < 1.29 is 13.2 Å². The minimum Gasteiger partial charge on any atom is -0.348 e. The van der Waals surface area contributed by atoms with Gasteiger partial charge in [-0.3, -0.25) is 4.79 Å². The maximum absolute atomic E-state index is 12.3. The molecule has 1 aliphatic heterocycles. The highest BCUT2D eigenvalue weighted by Gasteiger charge is 2.27. The monoisotopic (exact) mass is 345 g/mol. The van der Waals surface area contributed by atoms with E-state index in [9.17, 15) is 13.2 Å². The van der Waals surface area contributed by atoms with Gasteiger partial charge in [0.25, 0.3) is 5.91 Å². The molecule has 124 valence electrons. The van der Waals surface area contributed by atoms with Gasteiger partial charge in [0.15, 0.2) is 0 Å². The van der Waals surface area contributed by atoms with Crippen molar-refractivity contribution in [2.24, 2.45) is 0 Å². The van der Waals surface area contributed by atoms with E-state index in [1.807, 2.05) is 0 Å². The van der Waals surface area contributed by atoms with Gasteiger partial charge in [0, 0.05) is 24.5 Å². The number of piperidine rings is 1. The fraction of sp³-hybridized carbons (Fsp3) is 0.714. The molecular weight excluding hydrogens is 322 g/mol. The Labute approximate surface area is 136 Å². The highest BCUT2D eigenvalue weighted by atomic mass is 32.2. The zero-order chi connectivity index (χ0) is 16.5. The van der Waals surface area contributed by atoms with Crippen LogP contribution < -0.4 is 5.32 Å². The molecule has 1 saturated heterocycles. The lowest BCUT2D eigenvalue weighted by molar-refractivity contribution is 0.0928. The number of hydrogen-bond acceptors (Lipinski definition) is 5. The van der Waals surface area contributed by atoms with Crippen LogP contribution in [0.25, 0.3) is 0 Å². The normalized spacial score (nSPS) is 18.4. The lowest BCUT2D eigenvalue weighted by Crippen LogP contribution is -2.46. The van der Waals surface area contributed by atoms with Crippen LogP contribution in [0.1, 0.15) is 48.3 Å². The molecule has 0 spiro atoms. The van der Waals surface area contributed by atoms with Gasteiger partial charge in [-0.1, -0.05) is 20.8 Å². The molecule has 1 aromatic heterocycles. The van der Waals surface area contributed by atoms with Crippen LogP contribution in [0, 0.1) is 0 Å². The van der Waals surface area contributed by atoms with Crippen molar-refractivity contribution in [3.63, 3.8) is 0 Å². The Morgan fingerprint density at radius 1 is 1.36 bits per heavy atom. The van der Waals surface area contributed by atoms with E-state index >= 15 is 0 Å². The van der Waals surface area contributed by atoms with E-state index in [1.165, 1.54) is 21.9 Å². The third-order valence-corrected chi connectivity index (χ3v) is 6.35. The molecule has 2 rings (SSSR count). The third-order valence-electron chi connectivity index (χ3n) is 3.63. The van der Waals surface area contributed by atoms with Gasteiger partial charge in [-0.2, -0.15) is 0 Å². The summed E-state index contributed by atoms with van der Waals surface area (Å²) in [5, 5.41) is 3.92. The lowest BCUT2D eigenvalue weighted by Gasteiger charge is -2.30. The van der Waals surface area contributed by atoms with Gasteiger partial charge in [0.05, 0.1) is 17.5 Å². The van der Waals surface area contributed by atoms with Crippen molar-refractivity contribution in [2.45, 2.75) is 45.1 Å². The van der Waals surface area contributed by atoms with E-state index in [4.69, 9.17) is 0 Å². The van der Waals surface area contributed by atoms with Gasteiger partial charge in [-0.25, -0.2) is 17.7 Å². The number of carbonyl (C=O) groups is 1. The smallest absolute Gasteiger partial charge is 0.263 e. The number of nitrogens with zero attached hydrogens (tertiary/aromatic N) is 2. The molecule has 1 aliphatic rings. The molecule has 0 aromatic carbocycles. The molecule has 1 fully saturated rings. The first-order valence-electron chi connectivity index (χ1n) is 7.29. The van der Waals surface area contributed by atoms with E-state index in [0.29, 0.717) is 30.8 Å². The number of carbonyl (C=O) groups excluding carboxylic acids is 1. The van der Waals surface area contributed by atoms with Crippen molar-refractivity contribution in [3.05, 3.63) is 16.1 Å². The maximum Gasteiger partial charge on any atom is 0.263 e. The number of aromatic nitrogens is 1. The maximum atomic E-state index is 12.3. The first-order valence-corrected chi connectivity index (χ1v) is 9.96. The van der Waals surface area contributed by atoms with Crippen LogP contribution >= 0.6 is 11.3 Å². The summed E-state index contributed by atoms with van der Waals surface area (Å²) in [5.41, 5.74) is -0.0655. The molecule has 22 heavy (non-hydrogen) atoms. The Balaban J connectivity index is 1.92. The standard InChI is InChI=1S/C14H23N3O3S2/c1-14(2,3)13-15-9-11(21-13)12(18)16-10-5-7-17(8-6-10)22(4,19)20/h9-10H,5-8H2,1-4H3,(H,16,18). The topological polar surface area (TPSA) is 79.4 Å². The zero-order valence-electron chi connectivity index (χ0n) is 13.4. The first kappa shape index (κ1) is 17.4. The van der Waals surface area contributed by atoms with Crippen LogP contribution in [0.2, 0.25) is 0 Å². The second-order valence-electron chi connectivity index (χ2n) is 6.69. The molecule has 2 heterocycles. The minimum absolute atomic E-state index is 0.0192. The van der Waals surface area contributed by atoms with E-state index in [1.54, 1.807) is 6.20 Å². The summed E-state index contributed by atoms with van der Waals surface area (Å²) in [4.78, 5) is 17.2. The third kappa shape index (κ3) is 4.27. The molecule has 1 N–H and O–H groups in total. The van der Waals surface area contributed by atoms with Crippen molar-refractivity contribution in [2.75, 3.05) is 19.3 Å². The number of hydrogen-bond donors (Lipinski definition) is 1. The van der Waals surface area contributed by atoms with Gasteiger partial charge in [-0.05, 0) is 12.8 Å². The van der Waals surface area contributed by atoms with Gasteiger partial charge < -0.3 is 5.32 Å². The molecule has 0 aliphatic carbocycles. The SMILES string of the molecule is CC(C)(C)c1ncc(C(=O)NC2CCN(S(C)(=O)=O)CC2)s1. The highest BCUT2D eigenvalue weighted by molar-refractivity contribution is 7.88. The highest BCUT2D eigenvalue weighted by Crippen LogP contribution is 2.27. The average molecular weight is 345 g/mol. The second-order valence-corrected chi connectivity index (χ2v) is 9.70. The molecule has 0 unspecified atom stereocenters. The molecule has 8 heteroatoms. The lowest BCUT2D eigenvalue weighted by atomic mass is 9.98. The summed E-state index contributed by atoms with van der Waals surface area (Å²) >= 11 is 1.41. The van der Waals surface area contributed by atoms with Gasteiger partial charge >= 0.3 is 0 Å². The Morgan fingerprint density at radius 2 is 1.95 bits per heavy atom. The first-order chi connectivity index (χ1) is 10.1. The predicted octanol–water partition coefficient (Wildman–Crippen LogP) is 1.59. The molecule has 0 saturated carbocycles. The minimum atomic E-state index is -3.13. The van der Waals surface area contributed by atoms with Crippen molar-refractivity contribution >= 4 is 27.3 Å². The molecule has 1 amide bonds. The van der Waals surface area contributed by atoms with Crippen LogP contribution in [-0.2, 0) is 15.4 Å². The largest absolute Gasteiger partial charge is 0.348 e. The van der Waals surface area contributed by atoms with Crippen LogP contribution in [0.15, 0.2) is 6.20 Å². The van der Waals surface area contributed by atoms with Crippen molar-refractivity contribution in [1.82, 2.24) is 14.6 Å². The fourth-order valence-corrected chi connectivity index (χ4v) is 4.07. The quantitative estimate of drug-likeness (QED) is 0.902. The van der Waals surface area contributed by atoms with Crippen LogP contribution in [0.5, 0.6) is 0 Å². The number of sulfonamides is 1. The van der Waals surface area contributed by atoms with E-state index < -0.39 is 10.0 Å². The summed E-state index contributed by atoms with van der Waals surface area (Å²) in [6.45, 7) is 7.11. The Morgan fingerprint density at radius 3 is 2.41 bits per heavy atom. The van der Waals surface area contributed by atoms with E-state index in [2.05, 4.69) is 31.1 Å². The fourth-order valence-electron chi connectivity index (χ4n) is 2.31. The van der Waals surface area contributed by atoms with Gasteiger partial charge in [0.2, 0.25) is 10.0 Å². The summed E-state index contributed by atoms with van der Waals surface area (Å²) < 4.78 is 24.4. The van der Waals surface area contributed by atoms with Crippen LogP contribution in [0.3, 0.4) is 0 Å². The Bertz CT molecular complexity index is 639. The Kier molecular flexibility index (Phi) is 4.93. The number of rotatable bonds is 3. The van der Waals surface area contributed by atoms with Crippen molar-refractivity contribution in [3.8, 4) is 0 Å². The molecule has 0 bridgehead atoms.